The van der Waals surface area contributed by atoms with Crippen LogP contribution in [0.3, 0.4) is 0 Å². The summed E-state index contributed by atoms with van der Waals surface area (Å²) < 4.78 is 25.2. The summed E-state index contributed by atoms with van der Waals surface area (Å²) in [6.45, 7) is 0.786. The Morgan fingerprint density at radius 3 is 2.67 bits per heavy atom. The van der Waals surface area contributed by atoms with Crippen molar-refractivity contribution in [3.63, 3.8) is 0 Å². The van der Waals surface area contributed by atoms with Crippen LogP contribution in [0.25, 0.3) is 0 Å². The molecule has 0 aliphatic heterocycles. The Morgan fingerprint density at radius 2 is 1.90 bits per heavy atom. The summed E-state index contributed by atoms with van der Waals surface area (Å²) in [6.07, 6.45) is 4.12. The minimum absolute atomic E-state index is 0.0373. The van der Waals surface area contributed by atoms with Crippen molar-refractivity contribution >= 4 is 5.91 Å². The van der Waals surface area contributed by atoms with E-state index >= 15 is 0 Å². The molecule has 0 radical (unpaired) electrons. The first-order valence-corrected chi connectivity index (χ1v) is 9.86. The summed E-state index contributed by atoms with van der Waals surface area (Å²) in [5, 5.41) is 2.94. The van der Waals surface area contributed by atoms with Crippen LogP contribution in [0.4, 0.5) is 4.39 Å². The van der Waals surface area contributed by atoms with Crippen molar-refractivity contribution in [1.29, 1.82) is 0 Å². The molecule has 6 heteroatoms. The van der Waals surface area contributed by atoms with Crippen LogP contribution in [0.15, 0.2) is 67.0 Å². The fourth-order valence-corrected chi connectivity index (χ4v) is 3.51. The van der Waals surface area contributed by atoms with E-state index in [1.54, 1.807) is 37.7 Å². The molecule has 0 bridgehead atoms. The number of carbonyl (C=O) groups is 1. The average molecular weight is 406 g/mol. The number of pyridine rings is 1. The smallest absolute Gasteiger partial charge is 0.224 e. The zero-order valence-electron chi connectivity index (χ0n) is 16.7. The molecule has 1 heterocycles. The Bertz CT molecular complexity index is 1030. The molecule has 154 valence electrons. The van der Waals surface area contributed by atoms with Crippen molar-refractivity contribution in [2.75, 3.05) is 7.11 Å². The maximum Gasteiger partial charge on any atom is 0.224 e. The van der Waals surface area contributed by atoms with Crippen LogP contribution < -0.4 is 14.8 Å². The first-order valence-electron chi connectivity index (χ1n) is 9.86. The van der Waals surface area contributed by atoms with E-state index in [0.29, 0.717) is 36.6 Å². The van der Waals surface area contributed by atoms with Gasteiger partial charge in [0.1, 0.15) is 12.4 Å². The van der Waals surface area contributed by atoms with Gasteiger partial charge in [-0.05, 0) is 59.4 Å². The highest BCUT2D eigenvalue weighted by Crippen LogP contribution is 2.48. The van der Waals surface area contributed by atoms with Gasteiger partial charge in [-0.25, -0.2) is 4.39 Å². The van der Waals surface area contributed by atoms with Crippen LogP contribution in [0.1, 0.15) is 29.0 Å². The fourth-order valence-electron chi connectivity index (χ4n) is 3.51. The first kappa shape index (κ1) is 19.9. The van der Waals surface area contributed by atoms with E-state index in [9.17, 15) is 9.18 Å². The highest BCUT2D eigenvalue weighted by atomic mass is 19.1. The Hall–Kier alpha value is -3.41. The van der Waals surface area contributed by atoms with Gasteiger partial charge in [0.15, 0.2) is 11.5 Å². The van der Waals surface area contributed by atoms with Crippen LogP contribution in [0.5, 0.6) is 11.5 Å². The number of ether oxygens (including phenoxy) is 2. The highest BCUT2D eigenvalue weighted by molar-refractivity contribution is 5.82. The Balaban J connectivity index is 1.32. The molecular weight excluding hydrogens is 383 g/mol. The molecule has 1 aliphatic rings. The van der Waals surface area contributed by atoms with Gasteiger partial charge in [0.25, 0.3) is 0 Å². The molecule has 1 N–H and O–H groups in total. The van der Waals surface area contributed by atoms with Crippen molar-refractivity contribution in [2.24, 2.45) is 5.92 Å². The number of nitrogens with one attached hydrogen (secondary N) is 1. The van der Waals surface area contributed by atoms with Crippen molar-refractivity contribution < 1.29 is 18.7 Å². The molecule has 4 rings (SSSR count). The van der Waals surface area contributed by atoms with Gasteiger partial charge in [-0.2, -0.15) is 0 Å². The maximum absolute atomic E-state index is 13.9. The molecule has 2 aromatic carbocycles. The lowest BCUT2D eigenvalue weighted by Gasteiger charge is -2.13. The third kappa shape index (κ3) is 4.59. The SMILES string of the molecule is COc1cc(CNC(=O)C2CC2c2ccccc2F)ccc1OCc1ccncc1. The van der Waals surface area contributed by atoms with Crippen LogP contribution in [-0.4, -0.2) is 18.0 Å². The number of methoxy groups -OCH3 is 1. The molecular formula is C24H23FN2O3. The van der Waals surface area contributed by atoms with E-state index in [1.807, 2.05) is 30.3 Å². The normalized spacial score (nSPS) is 17.3. The molecule has 0 spiro atoms. The van der Waals surface area contributed by atoms with Crippen LogP contribution >= 0.6 is 0 Å². The molecule has 1 amide bonds. The summed E-state index contributed by atoms with van der Waals surface area (Å²) in [6, 6.07) is 16.0. The molecule has 2 unspecified atom stereocenters. The Kier molecular flexibility index (Phi) is 5.93. The standard InChI is InChI=1S/C24H23FN2O3/c1-29-23-12-17(6-7-22(23)30-15-16-8-10-26-11-9-16)14-27-24(28)20-13-19(20)18-4-2-3-5-21(18)25/h2-12,19-20H,13-15H2,1H3,(H,27,28). The van der Waals surface area contributed by atoms with Crippen LogP contribution in [0, 0.1) is 11.7 Å². The predicted octanol–water partition coefficient (Wildman–Crippen LogP) is 4.23. The largest absolute Gasteiger partial charge is 0.493 e. The molecule has 1 fully saturated rings. The third-order valence-corrected chi connectivity index (χ3v) is 5.27. The lowest BCUT2D eigenvalue weighted by molar-refractivity contribution is -0.122. The summed E-state index contributed by atoms with van der Waals surface area (Å²) >= 11 is 0. The van der Waals surface area contributed by atoms with Gasteiger partial charge in [0.05, 0.1) is 7.11 Å². The summed E-state index contributed by atoms with van der Waals surface area (Å²) in [5.41, 5.74) is 2.53. The number of nitrogens with zero attached hydrogens (tertiary/aromatic N) is 1. The van der Waals surface area contributed by atoms with Gasteiger partial charge in [-0.3, -0.25) is 9.78 Å². The monoisotopic (exact) mass is 406 g/mol. The lowest BCUT2D eigenvalue weighted by atomic mass is 10.1. The molecule has 2 atom stereocenters. The second-order valence-corrected chi connectivity index (χ2v) is 7.32. The van der Waals surface area contributed by atoms with E-state index in [2.05, 4.69) is 10.3 Å². The molecule has 1 aliphatic carbocycles. The van der Waals surface area contributed by atoms with Crippen molar-refractivity contribution in [1.82, 2.24) is 10.3 Å². The molecule has 1 aromatic heterocycles. The number of halogens is 1. The predicted molar refractivity (Wildman–Crippen MR) is 111 cm³/mol. The van der Waals surface area contributed by atoms with Gasteiger partial charge in [0, 0.05) is 24.9 Å². The summed E-state index contributed by atoms with van der Waals surface area (Å²) in [7, 11) is 1.58. The fraction of sp³-hybridized carbons (Fsp3) is 0.250. The average Bonchev–Trinajstić information content (AvgIpc) is 3.58. The van der Waals surface area contributed by atoms with E-state index in [0.717, 1.165) is 11.1 Å². The van der Waals surface area contributed by atoms with E-state index in [-0.39, 0.29) is 23.6 Å². The molecule has 5 nitrogen and oxygen atoms in total. The van der Waals surface area contributed by atoms with Crippen molar-refractivity contribution in [3.8, 4) is 11.5 Å². The molecule has 0 saturated heterocycles. The van der Waals surface area contributed by atoms with Gasteiger partial charge in [-0.1, -0.05) is 24.3 Å². The van der Waals surface area contributed by atoms with E-state index in [1.165, 1.54) is 6.07 Å². The Labute approximate surface area is 174 Å². The number of amides is 1. The second kappa shape index (κ2) is 8.95. The van der Waals surface area contributed by atoms with Crippen LogP contribution in [-0.2, 0) is 17.9 Å². The van der Waals surface area contributed by atoms with Gasteiger partial charge < -0.3 is 14.8 Å². The molecule has 30 heavy (non-hydrogen) atoms. The number of benzene rings is 2. The second-order valence-electron chi connectivity index (χ2n) is 7.32. The topological polar surface area (TPSA) is 60.5 Å². The van der Waals surface area contributed by atoms with Gasteiger partial charge in [0.2, 0.25) is 5.91 Å². The van der Waals surface area contributed by atoms with Crippen LogP contribution in [0.2, 0.25) is 0 Å². The third-order valence-electron chi connectivity index (χ3n) is 5.27. The zero-order chi connectivity index (χ0) is 20.9. The number of rotatable bonds is 8. The van der Waals surface area contributed by atoms with E-state index < -0.39 is 0 Å². The van der Waals surface area contributed by atoms with Crippen molar-refractivity contribution in [3.05, 3.63) is 89.5 Å². The van der Waals surface area contributed by atoms with Crippen molar-refractivity contribution in [2.45, 2.75) is 25.5 Å². The van der Waals surface area contributed by atoms with Gasteiger partial charge >= 0.3 is 0 Å². The number of hydrogen-bond acceptors (Lipinski definition) is 4. The minimum atomic E-state index is -0.245. The Morgan fingerprint density at radius 1 is 1.10 bits per heavy atom. The molecule has 3 aromatic rings. The number of aromatic nitrogens is 1. The van der Waals surface area contributed by atoms with E-state index in [4.69, 9.17) is 9.47 Å². The minimum Gasteiger partial charge on any atom is -0.493 e. The summed E-state index contributed by atoms with van der Waals surface area (Å²) in [5.74, 6) is 0.722. The summed E-state index contributed by atoms with van der Waals surface area (Å²) in [4.78, 5) is 16.4. The lowest BCUT2D eigenvalue weighted by Crippen LogP contribution is -2.25. The number of carbonyl (C=O) groups excluding carboxylic acids is 1. The number of hydrogen-bond donors (Lipinski definition) is 1. The first-order chi connectivity index (χ1) is 14.7. The quantitative estimate of drug-likeness (QED) is 0.608. The molecule has 1 saturated carbocycles. The zero-order valence-corrected chi connectivity index (χ0v) is 16.7. The highest BCUT2D eigenvalue weighted by Gasteiger charge is 2.44. The van der Waals surface area contributed by atoms with Gasteiger partial charge in [-0.15, -0.1) is 0 Å². The maximum atomic E-state index is 13.9.